The number of likely N-dealkylation sites (tertiary alicyclic amines) is 1. The van der Waals surface area contributed by atoms with Gasteiger partial charge >= 0.3 is 0 Å². The smallest absolute Gasteiger partial charge is 0.223 e. The van der Waals surface area contributed by atoms with Crippen molar-refractivity contribution in [1.82, 2.24) is 25.1 Å². The Balaban J connectivity index is 1.43. The third-order valence-electron chi connectivity index (χ3n) is 6.63. The van der Waals surface area contributed by atoms with Gasteiger partial charge in [-0.1, -0.05) is 54.1 Å². The Bertz CT molecular complexity index is 1280. The van der Waals surface area contributed by atoms with E-state index >= 15 is 0 Å². The van der Waals surface area contributed by atoms with Gasteiger partial charge in [-0.15, -0.1) is 5.10 Å². The van der Waals surface area contributed by atoms with Crippen molar-refractivity contribution in [3.8, 4) is 5.75 Å². The van der Waals surface area contributed by atoms with Crippen molar-refractivity contribution >= 4 is 28.3 Å². The average molecular weight is 476 g/mol. The molecule has 0 bridgehead atoms. The van der Waals surface area contributed by atoms with E-state index in [2.05, 4.69) is 33.7 Å². The Hall–Kier alpha value is -3.45. The molecule has 0 radical (unpaired) electrons. The largest absolute Gasteiger partial charge is 0.496 e. The van der Waals surface area contributed by atoms with E-state index in [4.69, 9.17) is 16.3 Å². The molecule has 2 atom stereocenters. The van der Waals surface area contributed by atoms with Crippen LogP contribution in [0.5, 0.6) is 5.75 Å². The molecule has 34 heavy (non-hydrogen) atoms. The molecule has 1 aliphatic rings. The Kier molecular flexibility index (Phi) is 6.45. The Morgan fingerprint density at radius 3 is 2.65 bits per heavy atom. The number of amides is 1. The molecular weight excluding hydrogens is 450 g/mol. The number of nitrogens with zero attached hydrogens (tertiary/aromatic N) is 5. The minimum Gasteiger partial charge on any atom is -0.496 e. The topological polar surface area (TPSA) is 73.1 Å². The zero-order chi connectivity index (χ0) is 23.5. The molecule has 0 aliphatic carbocycles. The molecule has 7 nitrogen and oxygen atoms in total. The van der Waals surface area contributed by atoms with E-state index in [9.17, 15) is 4.79 Å². The molecule has 4 aromatic rings. The summed E-state index contributed by atoms with van der Waals surface area (Å²) in [5.41, 5.74) is 2.21. The van der Waals surface area contributed by atoms with Crippen LogP contribution >= 0.6 is 11.6 Å². The Morgan fingerprint density at radius 2 is 1.91 bits per heavy atom. The molecule has 1 aliphatic heterocycles. The average Bonchev–Trinajstić information content (AvgIpc) is 3.56. The fraction of sp³-hybridized carbons (Fsp3) is 0.308. The van der Waals surface area contributed by atoms with Gasteiger partial charge in [0, 0.05) is 29.3 Å². The first-order valence-electron chi connectivity index (χ1n) is 11.5. The number of carbonyl (C=O) groups is 1. The Labute approximate surface area is 203 Å². The zero-order valence-corrected chi connectivity index (χ0v) is 19.7. The van der Waals surface area contributed by atoms with E-state index in [1.807, 2.05) is 47.4 Å². The summed E-state index contributed by atoms with van der Waals surface area (Å²) in [7, 11) is 1.69. The molecule has 1 aromatic heterocycles. The first-order valence-corrected chi connectivity index (χ1v) is 11.8. The van der Waals surface area contributed by atoms with Crippen LogP contribution in [0.25, 0.3) is 10.8 Å². The minimum atomic E-state index is -0.0675. The number of rotatable bonds is 7. The SMILES string of the molecule is COc1ccc([C@H]2CCCN2C(=O)C[C@@H](Cn2cnnn2)c2ccc(Cl)cc2)c2ccccc12. The van der Waals surface area contributed by atoms with Crippen molar-refractivity contribution in [2.24, 2.45) is 0 Å². The molecule has 1 fully saturated rings. The van der Waals surface area contributed by atoms with Crippen molar-refractivity contribution in [3.05, 3.63) is 83.1 Å². The van der Waals surface area contributed by atoms with Gasteiger partial charge in [0.1, 0.15) is 12.1 Å². The number of methoxy groups -OCH3 is 1. The molecule has 5 rings (SSSR count). The third-order valence-corrected chi connectivity index (χ3v) is 6.88. The summed E-state index contributed by atoms with van der Waals surface area (Å²) < 4.78 is 7.24. The first kappa shape index (κ1) is 22.3. The number of tetrazole rings is 1. The molecule has 0 spiro atoms. The number of hydrogen-bond donors (Lipinski definition) is 0. The number of hydrogen-bond acceptors (Lipinski definition) is 5. The number of benzene rings is 3. The first-order chi connectivity index (χ1) is 16.6. The maximum Gasteiger partial charge on any atom is 0.223 e. The highest BCUT2D eigenvalue weighted by molar-refractivity contribution is 6.30. The summed E-state index contributed by atoms with van der Waals surface area (Å²) >= 11 is 6.10. The molecule has 8 heteroatoms. The molecule has 0 saturated carbocycles. The van der Waals surface area contributed by atoms with Crippen molar-refractivity contribution in [2.75, 3.05) is 13.7 Å². The molecule has 1 amide bonds. The number of ether oxygens (including phenoxy) is 1. The van der Waals surface area contributed by atoms with Crippen LogP contribution < -0.4 is 4.74 Å². The highest BCUT2D eigenvalue weighted by atomic mass is 35.5. The van der Waals surface area contributed by atoms with Crippen LogP contribution in [0, 0.1) is 0 Å². The molecule has 3 aromatic carbocycles. The number of carbonyl (C=O) groups excluding carboxylic acids is 1. The molecule has 2 heterocycles. The van der Waals surface area contributed by atoms with Gasteiger partial charge in [-0.05, 0) is 58.0 Å². The summed E-state index contributed by atoms with van der Waals surface area (Å²) in [6.07, 6.45) is 3.87. The fourth-order valence-electron chi connectivity index (χ4n) is 4.99. The fourth-order valence-corrected chi connectivity index (χ4v) is 5.12. The van der Waals surface area contributed by atoms with Gasteiger partial charge < -0.3 is 9.64 Å². The second-order valence-electron chi connectivity index (χ2n) is 8.63. The molecule has 174 valence electrons. The van der Waals surface area contributed by atoms with E-state index in [1.54, 1.807) is 18.1 Å². The van der Waals surface area contributed by atoms with E-state index in [0.717, 1.165) is 41.5 Å². The number of fused-ring (bicyclic) bond motifs is 1. The van der Waals surface area contributed by atoms with Crippen molar-refractivity contribution in [1.29, 1.82) is 0 Å². The van der Waals surface area contributed by atoms with E-state index < -0.39 is 0 Å². The third kappa shape index (κ3) is 4.48. The van der Waals surface area contributed by atoms with Gasteiger partial charge in [0.2, 0.25) is 5.91 Å². The molecule has 1 saturated heterocycles. The summed E-state index contributed by atoms with van der Waals surface area (Å²) in [6.45, 7) is 1.27. The van der Waals surface area contributed by atoms with Gasteiger partial charge in [0.05, 0.1) is 19.7 Å². The van der Waals surface area contributed by atoms with Crippen LogP contribution in [-0.4, -0.2) is 44.7 Å². The summed E-state index contributed by atoms with van der Waals surface area (Å²) in [6, 6.07) is 20.1. The Morgan fingerprint density at radius 1 is 1.12 bits per heavy atom. The van der Waals surface area contributed by atoms with Gasteiger partial charge in [0.25, 0.3) is 0 Å². The monoisotopic (exact) mass is 475 g/mol. The van der Waals surface area contributed by atoms with Crippen LogP contribution in [0.1, 0.15) is 42.3 Å². The van der Waals surface area contributed by atoms with Crippen molar-refractivity contribution in [2.45, 2.75) is 37.8 Å². The highest BCUT2D eigenvalue weighted by Gasteiger charge is 2.32. The van der Waals surface area contributed by atoms with Crippen LogP contribution in [0.2, 0.25) is 5.02 Å². The lowest BCUT2D eigenvalue weighted by Gasteiger charge is -2.28. The number of halogens is 1. The van der Waals surface area contributed by atoms with Gasteiger partial charge in [-0.2, -0.15) is 0 Å². The number of aromatic nitrogens is 4. The van der Waals surface area contributed by atoms with Crippen LogP contribution in [0.15, 0.2) is 67.0 Å². The molecule has 0 N–H and O–H groups in total. The standard InChI is InChI=1S/C26H26ClN5O2/c1-34-25-13-12-22(21-5-2-3-6-23(21)25)24-7-4-14-32(24)26(33)15-19(16-31-17-28-29-30-31)18-8-10-20(27)11-9-18/h2-3,5-6,8-13,17,19,24H,4,7,14-16H2,1H3/t19-,24+/m0/s1. The zero-order valence-electron chi connectivity index (χ0n) is 19.0. The maximum absolute atomic E-state index is 13.7. The summed E-state index contributed by atoms with van der Waals surface area (Å²) in [5.74, 6) is 0.914. The predicted molar refractivity (Wildman–Crippen MR) is 131 cm³/mol. The lowest BCUT2D eigenvalue weighted by Crippen LogP contribution is -2.32. The lowest BCUT2D eigenvalue weighted by atomic mass is 9.93. The van der Waals surface area contributed by atoms with Crippen molar-refractivity contribution in [3.63, 3.8) is 0 Å². The van der Waals surface area contributed by atoms with Crippen LogP contribution in [0.4, 0.5) is 0 Å². The predicted octanol–water partition coefficient (Wildman–Crippen LogP) is 5.03. The van der Waals surface area contributed by atoms with Gasteiger partial charge in [-0.25, -0.2) is 4.68 Å². The van der Waals surface area contributed by atoms with Crippen LogP contribution in [-0.2, 0) is 11.3 Å². The summed E-state index contributed by atoms with van der Waals surface area (Å²) in [5, 5.41) is 14.4. The van der Waals surface area contributed by atoms with E-state index in [1.165, 1.54) is 5.56 Å². The second-order valence-corrected chi connectivity index (χ2v) is 9.07. The summed E-state index contributed by atoms with van der Waals surface area (Å²) in [4.78, 5) is 15.7. The quantitative estimate of drug-likeness (QED) is 0.375. The maximum atomic E-state index is 13.7. The highest BCUT2D eigenvalue weighted by Crippen LogP contribution is 2.39. The van der Waals surface area contributed by atoms with Gasteiger partial charge in [-0.3, -0.25) is 4.79 Å². The lowest BCUT2D eigenvalue weighted by molar-refractivity contribution is -0.132. The van der Waals surface area contributed by atoms with Gasteiger partial charge in [0.15, 0.2) is 0 Å². The van der Waals surface area contributed by atoms with E-state index in [-0.39, 0.29) is 17.9 Å². The normalized spacial score (nSPS) is 16.6. The van der Waals surface area contributed by atoms with Crippen molar-refractivity contribution < 1.29 is 9.53 Å². The molecular formula is C26H26ClN5O2. The second kappa shape index (κ2) is 9.81. The minimum absolute atomic E-state index is 0.0437. The van der Waals surface area contributed by atoms with E-state index in [0.29, 0.717) is 18.0 Å². The molecule has 0 unspecified atom stereocenters. The van der Waals surface area contributed by atoms with Crippen LogP contribution in [0.3, 0.4) is 0 Å².